The van der Waals surface area contributed by atoms with Gasteiger partial charge in [0.25, 0.3) is 0 Å². The van der Waals surface area contributed by atoms with E-state index in [2.05, 4.69) is 6.58 Å². The Labute approximate surface area is 117 Å². The lowest BCUT2D eigenvalue weighted by molar-refractivity contribution is -0.136. The molecule has 0 radical (unpaired) electrons. The second-order valence-corrected chi connectivity index (χ2v) is 4.71. The van der Waals surface area contributed by atoms with Crippen molar-refractivity contribution >= 4 is 12.1 Å². The van der Waals surface area contributed by atoms with Gasteiger partial charge in [0.1, 0.15) is 6.61 Å². The molecule has 20 heavy (non-hydrogen) atoms. The molecule has 1 heterocycles. The van der Waals surface area contributed by atoms with Crippen molar-refractivity contribution in [3.8, 4) is 0 Å². The Morgan fingerprint density at radius 3 is 2.90 bits per heavy atom. The number of rotatable bonds is 4. The Bertz CT molecular complexity index is 539. The average Bonchev–Trinajstić information content (AvgIpc) is 2.43. The van der Waals surface area contributed by atoms with Crippen LogP contribution >= 0.6 is 0 Å². The fourth-order valence-corrected chi connectivity index (χ4v) is 2.27. The summed E-state index contributed by atoms with van der Waals surface area (Å²) in [5, 5.41) is 8.81. The van der Waals surface area contributed by atoms with E-state index in [4.69, 9.17) is 9.84 Å². The molecule has 0 saturated heterocycles. The standard InChI is InChI=1S/C15H17NO4/c1-2-7-20-15(19)16-6-5-12-4-3-11(9-14(17)18)8-13(12)10-16/h2-4,8H,1,5-7,9-10H2,(H,17,18). The molecule has 0 bridgehead atoms. The van der Waals surface area contributed by atoms with Crippen molar-refractivity contribution in [2.75, 3.05) is 13.2 Å². The third kappa shape index (κ3) is 3.38. The molecule has 106 valence electrons. The molecule has 2 rings (SSSR count). The van der Waals surface area contributed by atoms with Gasteiger partial charge in [0.05, 0.1) is 6.42 Å². The van der Waals surface area contributed by atoms with E-state index >= 15 is 0 Å². The van der Waals surface area contributed by atoms with Gasteiger partial charge >= 0.3 is 12.1 Å². The van der Waals surface area contributed by atoms with Crippen LogP contribution in [-0.4, -0.2) is 35.2 Å². The van der Waals surface area contributed by atoms with Crippen molar-refractivity contribution in [3.63, 3.8) is 0 Å². The Kier molecular flexibility index (Phi) is 4.40. The lowest BCUT2D eigenvalue weighted by atomic mass is 9.96. The van der Waals surface area contributed by atoms with E-state index in [9.17, 15) is 9.59 Å². The Balaban J connectivity index is 2.09. The van der Waals surface area contributed by atoms with Gasteiger partial charge in [-0.1, -0.05) is 30.9 Å². The van der Waals surface area contributed by atoms with Crippen LogP contribution in [0.2, 0.25) is 0 Å². The van der Waals surface area contributed by atoms with Crippen LogP contribution in [0.5, 0.6) is 0 Å². The molecular formula is C15H17NO4. The molecule has 5 heteroatoms. The third-order valence-corrected chi connectivity index (χ3v) is 3.22. The fourth-order valence-electron chi connectivity index (χ4n) is 2.27. The van der Waals surface area contributed by atoms with Crippen LogP contribution in [0.1, 0.15) is 16.7 Å². The molecule has 0 unspecified atom stereocenters. The van der Waals surface area contributed by atoms with E-state index in [1.165, 1.54) is 6.08 Å². The number of hydrogen-bond donors (Lipinski definition) is 1. The number of ether oxygens (including phenoxy) is 1. The van der Waals surface area contributed by atoms with Crippen molar-refractivity contribution in [3.05, 3.63) is 47.5 Å². The van der Waals surface area contributed by atoms with Crippen LogP contribution < -0.4 is 0 Å². The Morgan fingerprint density at radius 1 is 1.40 bits per heavy atom. The monoisotopic (exact) mass is 275 g/mol. The summed E-state index contributed by atoms with van der Waals surface area (Å²) in [5.74, 6) is -0.858. The smallest absolute Gasteiger partial charge is 0.410 e. The highest BCUT2D eigenvalue weighted by Gasteiger charge is 2.21. The number of carbonyl (C=O) groups excluding carboxylic acids is 1. The van der Waals surface area contributed by atoms with Crippen LogP contribution in [0.25, 0.3) is 0 Å². The van der Waals surface area contributed by atoms with Gasteiger partial charge in [-0.3, -0.25) is 4.79 Å². The molecule has 5 nitrogen and oxygen atoms in total. The molecule has 1 amide bonds. The predicted molar refractivity (Wildman–Crippen MR) is 73.4 cm³/mol. The van der Waals surface area contributed by atoms with Crippen molar-refractivity contribution < 1.29 is 19.4 Å². The topological polar surface area (TPSA) is 66.8 Å². The lowest BCUT2D eigenvalue weighted by Crippen LogP contribution is -2.36. The van der Waals surface area contributed by atoms with Gasteiger partial charge in [0.2, 0.25) is 0 Å². The Hall–Kier alpha value is -2.30. The maximum absolute atomic E-state index is 11.8. The summed E-state index contributed by atoms with van der Waals surface area (Å²) in [7, 11) is 0. The fraction of sp³-hybridized carbons (Fsp3) is 0.333. The number of carboxylic acids is 1. The van der Waals surface area contributed by atoms with E-state index in [1.54, 1.807) is 4.90 Å². The summed E-state index contributed by atoms with van der Waals surface area (Å²) in [4.78, 5) is 24.1. The molecule has 0 fully saturated rings. The summed E-state index contributed by atoms with van der Waals surface area (Å²) in [6.07, 6.45) is 1.92. The molecule has 0 saturated carbocycles. The number of fused-ring (bicyclic) bond motifs is 1. The van der Waals surface area contributed by atoms with Crippen LogP contribution in [0.4, 0.5) is 4.79 Å². The summed E-state index contributed by atoms with van der Waals surface area (Å²) < 4.78 is 5.02. The van der Waals surface area contributed by atoms with Crippen molar-refractivity contribution in [2.24, 2.45) is 0 Å². The first-order valence-electron chi connectivity index (χ1n) is 6.45. The molecule has 1 aromatic carbocycles. The van der Waals surface area contributed by atoms with Gasteiger partial charge in [-0.15, -0.1) is 0 Å². The molecule has 1 N–H and O–H groups in total. The van der Waals surface area contributed by atoms with E-state index in [1.807, 2.05) is 18.2 Å². The van der Waals surface area contributed by atoms with Crippen molar-refractivity contribution in [2.45, 2.75) is 19.4 Å². The Morgan fingerprint density at radius 2 is 2.20 bits per heavy atom. The summed E-state index contributed by atoms with van der Waals surface area (Å²) >= 11 is 0. The normalized spacial score (nSPS) is 13.5. The zero-order chi connectivity index (χ0) is 14.5. The number of amides is 1. The quantitative estimate of drug-likeness (QED) is 0.853. The highest BCUT2D eigenvalue weighted by Crippen LogP contribution is 2.21. The first kappa shape index (κ1) is 14.1. The number of carbonyl (C=O) groups is 2. The molecule has 0 aliphatic carbocycles. The average molecular weight is 275 g/mol. The van der Waals surface area contributed by atoms with Gasteiger partial charge in [-0.05, 0) is 23.1 Å². The van der Waals surface area contributed by atoms with Crippen LogP contribution in [-0.2, 0) is 28.9 Å². The first-order valence-corrected chi connectivity index (χ1v) is 6.45. The van der Waals surface area contributed by atoms with Gasteiger partial charge in [-0.2, -0.15) is 0 Å². The van der Waals surface area contributed by atoms with Crippen LogP contribution in [0.15, 0.2) is 30.9 Å². The number of nitrogens with zero attached hydrogens (tertiary/aromatic N) is 1. The number of carboxylic acid groups (broad SMARTS) is 1. The molecule has 1 aliphatic heterocycles. The van der Waals surface area contributed by atoms with Crippen molar-refractivity contribution in [1.82, 2.24) is 4.90 Å². The van der Waals surface area contributed by atoms with E-state index in [0.29, 0.717) is 13.1 Å². The molecule has 0 spiro atoms. The lowest BCUT2D eigenvalue weighted by Gasteiger charge is -2.28. The van der Waals surface area contributed by atoms with Gasteiger partial charge in [0, 0.05) is 13.1 Å². The third-order valence-electron chi connectivity index (χ3n) is 3.22. The minimum atomic E-state index is -0.858. The molecule has 1 aliphatic rings. The molecule has 0 aromatic heterocycles. The van der Waals surface area contributed by atoms with E-state index in [-0.39, 0.29) is 19.1 Å². The maximum Gasteiger partial charge on any atom is 0.410 e. The minimum Gasteiger partial charge on any atom is -0.481 e. The summed E-state index contributed by atoms with van der Waals surface area (Å²) in [6, 6.07) is 5.63. The second-order valence-electron chi connectivity index (χ2n) is 4.71. The van der Waals surface area contributed by atoms with E-state index < -0.39 is 5.97 Å². The van der Waals surface area contributed by atoms with Gasteiger partial charge in [0.15, 0.2) is 0 Å². The SMILES string of the molecule is C=CCOC(=O)N1CCc2ccc(CC(=O)O)cc2C1. The zero-order valence-electron chi connectivity index (χ0n) is 11.2. The second kappa shape index (κ2) is 6.23. The summed E-state index contributed by atoms with van der Waals surface area (Å²) in [6.45, 7) is 4.77. The predicted octanol–water partition coefficient (Wildman–Crippen LogP) is 1.99. The molecular weight excluding hydrogens is 258 g/mol. The molecule has 1 aromatic rings. The first-order chi connectivity index (χ1) is 9.60. The molecule has 0 atom stereocenters. The highest BCUT2D eigenvalue weighted by atomic mass is 16.6. The number of hydrogen-bond acceptors (Lipinski definition) is 3. The minimum absolute atomic E-state index is 0.00576. The largest absolute Gasteiger partial charge is 0.481 e. The number of aliphatic carboxylic acids is 1. The maximum atomic E-state index is 11.8. The van der Waals surface area contributed by atoms with Crippen LogP contribution in [0.3, 0.4) is 0 Å². The van der Waals surface area contributed by atoms with Crippen LogP contribution in [0, 0.1) is 0 Å². The summed E-state index contributed by atoms with van der Waals surface area (Å²) in [5.41, 5.74) is 2.90. The van der Waals surface area contributed by atoms with Crippen molar-refractivity contribution in [1.29, 1.82) is 0 Å². The van der Waals surface area contributed by atoms with Gasteiger partial charge < -0.3 is 14.7 Å². The zero-order valence-corrected chi connectivity index (χ0v) is 11.2. The van der Waals surface area contributed by atoms with E-state index in [0.717, 1.165) is 23.1 Å². The van der Waals surface area contributed by atoms with Gasteiger partial charge in [-0.25, -0.2) is 4.79 Å². The highest BCUT2D eigenvalue weighted by molar-refractivity contribution is 5.70. The number of benzene rings is 1.